The minimum absolute atomic E-state index is 0.0426. The van der Waals surface area contributed by atoms with Crippen LogP contribution >= 0.6 is 11.6 Å². The molecule has 154 valence electrons. The van der Waals surface area contributed by atoms with Crippen molar-refractivity contribution < 1.29 is 9.53 Å². The van der Waals surface area contributed by atoms with E-state index in [1.807, 2.05) is 39.6 Å². The van der Waals surface area contributed by atoms with Gasteiger partial charge < -0.3 is 14.6 Å². The van der Waals surface area contributed by atoms with Crippen molar-refractivity contribution >= 4 is 39.7 Å². The fourth-order valence-electron chi connectivity index (χ4n) is 5.39. The number of aromatic amines is 1. The largest absolute Gasteiger partial charge is 0.381 e. The van der Waals surface area contributed by atoms with Crippen LogP contribution in [0, 0.1) is 0 Å². The molecule has 3 aliphatic rings. The molecule has 31 heavy (non-hydrogen) atoms. The molecule has 7 rings (SSSR count). The number of H-pyrrole nitrogens is 1. The van der Waals surface area contributed by atoms with Crippen LogP contribution in [0.1, 0.15) is 45.7 Å². The van der Waals surface area contributed by atoms with E-state index in [0.29, 0.717) is 34.8 Å². The Morgan fingerprint density at radius 2 is 2.06 bits per heavy atom. The molecule has 5 heterocycles. The molecule has 0 radical (unpaired) electrons. The fraction of sp³-hybridized carbons (Fsp3) is 0.261. The van der Waals surface area contributed by atoms with Crippen LogP contribution in [0.5, 0.6) is 0 Å². The van der Waals surface area contributed by atoms with Crippen molar-refractivity contribution in [2.75, 3.05) is 18.1 Å². The average molecular weight is 433 g/mol. The van der Waals surface area contributed by atoms with E-state index in [0.717, 1.165) is 41.0 Å². The van der Waals surface area contributed by atoms with Gasteiger partial charge in [0.05, 0.1) is 29.9 Å². The number of benzene rings is 2. The Kier molecular flexibility index (Phi) is 3.37. The smallest absolute Gasteiger partial charge is 0.274 e. The van der Waals surface area contributed by atoms with Gasteiger partial charge in [0, 0.05) is 28.8 Å². The molecule has 3 aliphatic heterocycles. The Labute approximate surface area is 181 Å². The first-order valence-corrected chi connectivity index (χ1v) is 10.7. The van der Waals surface area contributed by atoms with Crippen LogP contribution in [0.3, 0.4) is 0 Å². The zero-order valence-corrected chi connectivity index (χ0v) is 17.1. The van der Waals surface area contributed by atoms with Gasteiger partial charge >= 0.3 is 0 Å². The maximum Gasteiger partial charge on any atom is 0.274 e. The molecule has 7 nitrogen and oxygen atoms in total. The zero-order chi connectivity index (χ0) is 20.9. The number of amides is 1. The minimum atomic E-state index is -0.212. The number of ether oxygens (including phenoxy) is 1. The molecule has 1 fully saturated rings. The van der Waals surface area contributed by atoms with E-state index in [4.69, 9.17) is 16.3 Å². The summed E-state index contributed by atoms with van der Waals surface area (Å²) in [4.78, 5) is 35.4. The number of fused-ring (bicyclic) bond motifs is 8. The molecule has 4 aromatic rings. The number of hydrogen-bond acceptors (Lipinski definition) is 4. The second kappa shape index (κ2) is 5.96. The average Bonchev–Trinajstić information content (AvgIpc) is 3.52. The number of carbonyl (C=O) groups excluding carboxylic acids is 1. The van der Waals surface area contributed by atoms with Gasteiger partial charge in [-0.3, -0.25) is 14.0 Å². The van der Waals surface area contributed by atoms with Gasteiger partial charge in [0.1, 0.15) is 11.3 Å². The van der Waals surface area contributed by atoms with E-state index in [2.05, 4.69) is 9.97 Å². The molecule has 0 aliphatic carbocycles. The van der Waals surface area contributed by atoms with E-state index in [9.17, 15) is 9.59 Å². The molecule has 8 heteroatoms. The Bertz CT molecular complexity index is 1500. The number of anilines is 1. The molecule has 0 saturated carbocycles. The van der Waals surface area contributed by atoms with Crippen molar-refractivity contribution in [2.24, 2.45) is 0 Å². The van der Waals surface area contributed by atoms with Gasteiger partial charge in [-0.05, 0) is 54.3 Å². The topological polar surface area (TPSA) is 79.7 Å². The number of carbonyl (C=O) groups is 1. The molecule has 1 amide bonds. The normalized spacial score (nSPS) is 21.8. The number of nitrogens with zero attached hydrogens (tertiary/aromatic N) is 3. The third kappa shape index (κ3) is 2.25. The third-order valence-corrected chi connectivity index (χ3v) is 7.04. The van der Waals surface area contributed by atoms with Crippen LogP contribution in [0.25, 0.3) is 16.6 Å². The van der Waals surface area contributed by atoms with Crippen molar-refractivity contribution in [3.05, 3.63) is 74.4 Å². The summed E-state index contributed by atoms with van der Waals surface area (Å²) < 4.78 is 7.51. The van der Waals surface area contributed by atoms with Gasteiger partial charge in [-0.2, -0.15) is 0 Å². The Balaban J connectivity index is 1.48. The molecule has 1 N–H and O–H groups in total. The van der Waals surface area contributed by atoms with Crippen LogP contribution in [-0.2, 0) is 11.2 Å². The highest BCUT2D eigenvalue weighted by molar-refractivity contribution is 6.30. The standard InChI is InChI=1S/C23H17ClN4O3/c24-13-1-2-17-12(5-13)6-18-14-8-19-16(7-15(14)23(30)28(17)18)26-22(29)20-9-25-21(27(19)20)11-3-4-31-10-11/h1-2,5,7-9,11,18H,3-4,6,10H2,(H,26,29). The van der Waals surface area contributed by atoms with Crippen LogP contribution in [0.2, 0.25) is 5.02 Å². The van der Waals surface area contributed by atoms with Gasteiger partial charge in [0.2, 0.25) is 0 Å². The molecular formula is C23H17ClN4O3. The van der Waals surface area contributed by atoms with Crippen LogP contribution in [-0.4, -0.2) is 33.5 Å². The quantitative estimate of drug-likeness (QED) is 0.498. The van der Waals surface area contributed by atoms with Crippen molar-refractivity contribution in [1.82, 2.24) is 14.4 Å². The predicted molar refractivity (Wildman–Crippen MR) is 116 cm³/mol. The summed E-state index contributed by atoms with van der Waals surface area (Å²) >= 11 is 6.18. The lowest BCUT2D eigenvalue weighted by atomic mass is 9.99. The molecule has 0 spiro atoms. The summed E-state index contributed by atoms with van der Waals surface area (Å²) in [5.41, 5.74) is 5.39. The van der Waals surface area contributed by atoms with E-state index >= 15 is 0 Å². The molecule has 2 unspecified atom stereocenters. The highest BCUT2D eigenvalue weighted by Gasteiger charge is 2.43. The summed E-state index contributed by atoms with van der Waals surface area (Å²) in [7, 11) is 0. The number of nitrogens with one attached hydrogen (secondary N) is 1. The SMILES string of the molecule is O=C1c2cc3[nH]c(=O)c4cnc(C5CCOC5)n4c3cc2C2Cc3cc(Cl)ccc3N12. The highest BCUT2D eigenvalue weighted by atomic mass is 35.5. The van der Waals surface area contributed by atoms with E-state index < -0.39 is 0 Å². The zero-order valence-electron chi connectivity index (χ0n) is 16.4. The van der Waals surface area contributed by atoms with Gasteiger partial charge in [-0.25, -0.2) is 4.98 Å². The van der Waals surface area contributed by atoms with Crippen molar-refractivity contribution in [2.45, 2.75) is 24.8 Å². The molecule has 0 bridgehead atoms. The lowest BCUT2D eigenvalue weighted by Crippen LogP contribution is -2.23. The van der Waals surface area contributed by atoms with E-state index in [1.165, 1.54) is 0 Å². The summed E-state index contributed by atoms with van der Waals surface area (Å²) in [5, 5.41) is 0.673. The third-order valence-electron chi connectivity index (χ3n) is 6.81. The van der Waals surface area contributed by atoms with Gasteiger partial charge in [0.25, 0.3) is 11.5 Å². The molecule has 1 saturated heterocycles. The lowest BCUT2D eigenvalue weighted by molar-refractivity contribution is 0.0993. The minimum Gasteiger partial charge on any atom is -0.381 e. The molecular weight excluding hydrogens is 416 g/mol. The first-order chi connectivity index (χ1) is 15.1. The highest BCUT2D eigenvalue weighted by Crippen LogP contribution is 2.48. The van der Waals surface area contributed by atoms with Crippen LogP contribution in [0.15, 0.2) is 41.3 Å². The summed E-state index contributed by atoms with van der Waals surface area (Å²) in [6.45, 7) is 1.30. The summed E-state index contributed by atoms with van der Waals surface area (Å²) in [5.74, 6) is 0.946. The Hall–Kier alpha value is -3.16. The Morgan fingerprint density at radius 3 is 2.90 bits per heavy atom. The monoisotopic (exact) mass is 432 g/mol. The first kappa shape index (κ1) is 17.5. The lowest BCUT2D eigenvalue weighted by Gasteiger charge is -2.17. The summed E-state index contributed by atoms with van der Waals surface area (Å²) in [6, 6.07) is 9.46. The predicted octanol–water partition coefficient (Wildman–Crippen LogP) is 3.59. The van der Waals surface area contributed by atoms with E-state index in [-0.39, 0.29) is 23.4 Å². The maximum absolute atomic E-state index is 13.3. The van der Waals surface area contributed by atoms with Gasteiger partial charge in [-0.15, -0.1) is 0 Å². The van der Waals surface area contributed by atoms with E-state index in [1.54, 1.807) is 6.20 Å². The number of halogens is 1. The van der Waals surface area contributed by atoms with Crippen molar-refractivity contribution in [3.63, 3.8) is 0 Å². The maximum atomic E-state index is 13.3. The van der Waals surface area contributed by atoms with Crippen LogP contribution < -0.4 is 10.5 Å². The van der Waals surface area contributed by atoms with Gasteiger partial charge in [-0.1, -0.05) is 11.6 Å². The van der Waals surface area contributed by atoms with Gasteiger partial charge in [0.15, 0.2) is 0 Å². The molecule has 2 aromatic carbocycles. The first-order valence-electron chi connectivity index (χ1n) is 10.4. The number of aromatic nitrogens is 3. The fourth-order valence-corrected chi connectivity index (χ4v) is 5.59. The number of rotatable bonds is 1. The van der Waals surface area contributed by atoms with Crippen molar-refractivity contribution in [1.29, 1.82) is 0 Å². The second-order valence-corrected chi connectivity index (χ2v) is 8.91. The van der Waals surface area contributed by atoms with Crippen molar-refractivity contribution in [3.8, 4) is 0 Å². The summed E-state index contributed by atoms with van der Waals surface area (Å²) in [6.07, 6.45) is 3.23. The number of imidazole rings is 1. The number of hydrogen-bond donors (Lipinski definition) is 1. The second-order valence-electron chi connectivity index (χ2n) is 8.48. The molecule has 2 aromatic heterocycles. The Morgan fingerprint density at radius 1 is 1.16 bits per heavy atom. The van der Waals surface area contributed by atoms with Crippen LogP contribution in [0.4, 0.5) is 5.69 Å². The molecule has 2 atom stereocenters.